The molecule has 0 aliphatic carbocycles. The van der Waals surface area contributed by atoms with Gasteiger partial charge < -0.3 is 5.73 Å². The third-order valence-corrected chi connectivity index (χ3v) is 0.450. The van der Waals surface area contributed by atoms with Gasteiger partial charge in [-0.2, -0.15) is 20.5 Å². The molecule has 0 rings (SSSR count). The summed E-state index contributed by atoms with van der Waals surface area (Å²) in [6, 6.07) is 0. The average molecular weight is 115 g/mol. The van der Waals surface area contributed by atoms with Crippen molar-refractivity contribution < 1.29 is 0 Å². The van der Waals surface area contributed by atoms with Gasteiger partial charge in [-0.25, -0.2) is 0 Å². The molecule has 0 aromatic rings. The summed E-state index contributed by atoms with van der Waals surface area (Å²) in [6.45, 7) is 0.507. The second-order valence-electron chi connectivity index (χ2n) is 0.948. The van der Waals surface area contributed by atoms with Crippen LogP contribution in [0.5, 0.6) is 0 Å². The predicted molar refractivity (Wildman–Crippen MR) is 29.6 cm³/mol. The zero-order valence-electron chi connectivity index (χ0n) is 4.78. The molecule has 0 aromatic carbocycles. The molecule has 0 atom stereocenters. The largest absolute Gasteiger partial charge is 0.311 e. The van der Waals surface area contributed by atoms with Crippen LogP contribution in [0.2, 0.25) is 0 Å². The normalized spacial score (nSPS) is 11.8. The van der Waals surface area contributed by atoms with Gasteiger partial charge >= 0.3 is 0 Å². The lowest BCUT2D eigenvalue weighted by atomic mass is 11.2. The Hall–Kier alpha value is -0.840. The summed E-state index contributed by atoms with van der Waals surface area (Å²) >= 11 is 0. The molecule has 0 radical (unpaired) electrons. The number of azo groups is 2. The first-order valence-corrected chi connectivity index (χ1v) is 2.20. The van der Waals surface area contributed by atoms with Crippen molar-refractivity contribution in [2.75, 3.05) is 20.4 Å². The highest BCUT2D eigenvalue weighted by Gasteiger charge is 1.67. The number of nitrogens with zero attached hydrogens (tertiary/aromatic N) is 4. The zero-order chi connectivity index (χ0) is 6.24. The van der Waals surface area contributed by atoms with Crippen LogP contribution in [0.25, 0.3) is 0 Å². The van der Waals surface area contributed by atoms with Crippen molar-refractivity contribution in [1.29, 1.82) is 0 Å². The standard InChI is InChI=1S/C3H9N5/c1-5-7-3-8-6-2-4/h2-4H2,1H3. The molecule has 5 nitrogen and oxygen atoms in total. The fourth-order valence-corrected chi connectivity index (χ4v) is 0.194. The Labute approximate surface area is 47.7 Å². The summed E-state index contributed by atoms with van der Waals surface area (Å²) in [6.07, 6.45) is 0. The van der Waals surface area contributed by atoms with E-state index in [9.17, 15) is 0 Å². The Morgan fingerprint density at radius 2 is 2.00 bits per heavy atom. The molecular formula is C3H9N5. The van der Waals surface area contributed by atoms with E-state index in [1.54, 1.807) is 7.05 Å². The molecule has 2 N–H and O–H groups in total. The van der Waals surface area contributed by atoms with Crippen LogP contribution < -0.4 is 5.73 Å². The first-order chi connectivity index (χ1) is 3.91. The van der Waals surface area contributed by atoms with E-state index in [-0.39, 0.29) is 13.3 Å². The van der Waals surface area contributed by atoms with Crippen LogP contribution in [0.4, 0.5) is 0 Å². The second kappa shape index (κ2) is 6.16. The maximum absolute atomic E-state index is 4.98. The summed E-state index contributed by atoms with van der Waals surface area (Å²) < 4.78 is 0. The highest BCUT2D eigenvalue weighted by atomic mass is 15.2. The zero-order valence-corrected chi connectivity index (χ0v) is 4.78. The Kier molecular flexibility index (Phi) is 5.51. The molecule has 46 valence electrons. The van der Waals surface area contributed by atoms with Crippen molar-refractivity contribution in [3.63, 3.8) is 0 Å². The van der Waals surface area contributed by atoms with E-state index in [1.165, 1.54) is 0 Å². The van der Waals surface area contributed by atoms with Gasteiger partial charge in [-0.3, -0.25) is 0 Å². The van der Waals surface area contributed by atoms with Crippen molar-refractivity contribution in [3.05, 3.63) is 0 Å². The molecular weight excluding hydrogens is 106 g/mol. The number of nitrogens with two attached hydrogens (primary N) is 1. The first kappa shape index (κ1) is 7.16. The van der Waals surface area contributed by atoms with Gasteiger partial charge in [0.2, 0.25) is 0 Å². The lowest BCUT2D eigenvalue weighted by Gasteiger charge is -1.77. The van der Waals surface area contributed by atoms with Gasteiger partial charge in [0.05, 0.1) is 0 Å². The molecule has 0 aliphatic rings. The van der Waals surface area contributed by atoms with E-state index in [4.69, 9.17) is 5.73 Å². The van der Waals surface area contributed by atoms with Gasteiger partial charge in [0.1, 0.15) is 6.67 Å². The Morgan fingerprint density at radius 1 is 1.25 bits per heavy atom. The van der Waals surface area contributed by atoms with Gasteiger partial charge in [0, 0.05) is 7.05 Å². The molecule has 0 saturated heterocycles. The average Bonchev–Trinajstić information content (AvgIpc) is 1.81. The van der Waals surface area contributed by atoms with Gasteiger partial charge in [-0.1, -0.05) is 0 Å². The van der Waals surface area contributed by atoms with E-state index in [0.717, 1.165) is 0 Å². The summed E-state index contributed by atoms with van der Waals surface area (Å²) in [5.41, 5.74) is 4.98. The number of hydrogen-bond acceptors (Lipinski definition) is 5. The molecule has 0 saturated carbocycles. The Morgan fingerprint density at radius 3 is 2.50 bits per heavy atom. The molecule has 0 spiro atoms. The lowest BCUT2D eigenvalue weighted by Crippen LogP contribution is -1.91. The highest BCUT2D eigenvalue weighted by Crippen LogP contribution is 1.74. The molecule has 0 aliphatic heterocycles. The minimum atomic E-state index is 0.221. The van der Waals surface area contributed by atoms with E-state index < -0.39 is 0 Å². The fourth-order valence-electron chi connectivity index (χ4n) is 0.194. The van der Waals surface area contributed by atoms with Crippen molar-refractivity contribution in [2.45, 2.75) is 0 Å². The van der Waals surface area contributed by atoms with Crippen molar-refractivity contribution >= 4 is 0 Å². The second-order valence-corrected chi connectivity index (χ2v) is 0.948. The third kappa shape index (κ3) is 5.16. The molecule has 0 aromatic heterocycles. The first-order valence-electron chi connectivity index (χ1n) is 2.20. The topological polar surface area (TPSA) is 75.5 Å². The van der Waals surface area contributed by atoms with E-state index in [2.05, 4.69) is 20.5 Å². The van der Waals surface area contributed by atoms with Crippen LogP contribution in [0.1, 0.15) is 0 Å². The monoisotopic (exact) mass is 115 g/mol. The van der Waals surface area contributed by atoms with Crippen LogP contribution in [0, 0.1) is 0 Å². The smallest absolute Gasteiger partial charge is 0.170 e. The molecule has 0 amide bonds. The quantitative estimate of drug-likeness (QED) is 0.531. The maximum atomic E-state index is 4.98. The Balaban J connectivity index is 3.03. The van der Waals surface area contributed by atoms with Crippen molar-refractivity contribution in [3.8, 4) is 0 Å². The van der Waals surface area contributed by atoms with E-state index >= 15 is 0 Å². The minimum Gasteiger partial charge on any atom is -0.311 e. The van der Waals surface area contributed by atoms with Crippen LogP contribution in [-0.2, 0) is 0 Å². The molecule has 0 bridgehead atoms. The predicted octanol–water partition coefficient (Wildman–Crippen LogP) is 0.394. The third-order valence-electron chi connectivity index (χ3n) is 0.450. The number of rotatable bonds is 3. The number of hydrogen-bond donors (Lipinski definition) is 1. The highest BCUT2D eigenvalue weighted by molar-refractivity contribution is 4.27. The molecule has 0 fully saturated rings. The molecule has 8 heavy (non-hydrogen) atoms. The molecule has 0 heterocycles. The van der Waals surface area contributed by atoms with Gasteiger partial charge in [0.15, 0.2) is 6.67 Å². The van der Waals surface area contributed by atoms with Crippen molar-refractivity contribution in [2.24, 2.45) is 26.2 Å². The van der Waals surface area contributed by atoms with Crippen LogP contribution in [-0.4, -0.2) is 20.4 Å². The van der Waals surface area contributed by atoms with Gasteiger partial charge in [-0.05, 0) is 0 Å². The van der Waals surface area contributed by atoms with Crippen molar-refractivity contribution in [1.82, 2.24) is 0 Å². The lowest BCUT2D eigenvalue weighted by molar-refractivity contribution is 0.830. The minimum absolute atomic E-state index is 0.221. The summed E-state index contributed by atoms with van der Waals surface area (Å²) in [5.74, 6) is 0. The summed E-state index contributed by atoms with van der Waals surface area (Å²) in [4.78, 5) is 0. The van der Waals surface area contributed by atoms with Crippen LogP contribution in [0.15, 0.2) is 20.5 Å². The van der Waals surface area contributed by atoms with E-state index in [1.807, 2.05) is 0 Å². The Bertz CT molecular complexity index is 85.7. The fraction of sp³-hybridized carbons (Fsp3) is 1.00. The van der Waals surface area contributed by atoms with Crippen LogP contribution in [0.3, 0.4) is 0 Å². The SMILES string of the molecule is CN=NCN=NCN. The van der Waals surface area contributed by atoms with Gasteiger partial charge in [-0.15, -0.1) is 0 Å². The van der Waals surface area contributed by atoms with E-state index in [0.29, 0.717) is 0 Å². The molecule has 5 heteroatoms. The maximum Gasteiger partial charge on any atom is 0.170 e. The van der Waals surface area contributed by atoms with Crippen LogP contribution >= 0.6 is 0 Å². The summed E-state index contributed by atoms with van der Waals surface area (Å²) in [5, 5.41) is 13.9. The van der Waals surface area contributed by atoms with Gasteiger partial charge in [0.25, 0.3) is 0 Å². The summed E-state index contributed by atoms with van der Waals surface area (Å²) in [7, 11) is 1.58. The molecule has 0 unspecified atom stereocenters.